The third-order valence-corrected chi connectivity index (χ3v) is 5.25. The Balaban J connectivity index is 1.71. The van der Waals surface area contributed by atoms with Crippen LogP contribution in [-0.4, -0.2) is 32.3 Å². The zero-order valence-corrected chi connectivity index (χ0v) is 14.9. The van der Waals surface area contributed by atoms with E-state index in [4.69, 9.17) is 0 Å². The molecule has 1 fully saturated rings. The van der Waals surface area contributed by atoms with Gasteiger partial charge < -0.3 is 9.88 Å². The summed E-state index contributed by atoms with van der Waals surface area (Å²) in [7, 11) is 0. The van der Waals surface area contributed by atoms with Crippen molar-refractivity contribution in [2.45, 2.75) is 25.3 Å². The van der Waals surface area contributed by atoms with E-state index in [9.17, 15) is 9.59 Å². The van der Waals surface area contributed by atoms with Crippen LogP contribution in [0.25, 0.3) is 11.3 Å². The van der Waals surface area contributed by atoms with Gasteiger partial charge in [0.25, 0.3) is 11.5 Å². The molecule has 0 aliphatic carbocycles. The number of hydrogen-bond acceptors (Lipinski definition) is 5. The lowest BCUT2D eigenvalue weighted by Gasteiger charge is -2.35. The molecule has 132 valence electrons. The second-order valence-corrected chi connectivity index (χ2v) is 7.06. The highest BCUT2D eigenvalue weighted by atomic mass is 32.1. The Hall–Kier alpha value is -2.80. The van der Waals surface area contributed by atoms with E-state index >= 15 is 0 Å². The van der Waals surface area contributed by atoms with Crippen LogP contribution in [0, 0.1) is 0 Å². The zero-order chi connectivity index (χ0) is 17.9. The molecule has 1 unspecified atom stereocenters. The first-order valence-electron chi connectivity index (χ1n) is 8.57. The first kappa shape index (κ1) is 16.7. The van der Waals surface area contributed by atoms with Gasteiger partial charge in [-0.15, -0.1) is 0 Å². The highest BCUT2D eigenvalue weighted by Crippen LogP contribution is 2.31. The number of nitrogens with one attached hydrogen (secondary N) is 1. The predicted molar refractivity (Wildman–Crippen MR) is 100 cm³/mol. The van der Waals surface area contributed by atoms with E-state index in [2.05, 4.69) is 15.0 Å². The van der Waals surface area contributed by atoms with Gasteiger partial charge in [0.1, 0.15) is 5.82 Å². The Kier molecular flexibility index (Phi) is 4.62. The molecule has 26 heavy (non-hydrogen) atoms. The third-order valence-electron chi connectivity index (χ3n) is 4.56. The van der Waals surface area contributed by atoms with Gasteiger partial charge in [-0.25, -0.2) is 4.98 Å². The molecule has 1 N–H and O–H groups in total. The molecule has 1 aliphatic heterocycles. The molecule has 6 nitrogen and oxygen atoms in total. The minimum atomic E-state index is -0.234. The number of piperidine rings is 1. The van der Waals surface area contributed by atoms with E-state index in [0.717, 1.165) is 24.8 Å². The lowest BCUT2D eigenvalue weighted by atomic mass is 10.00. The number of carbonyl (C=O) groups is 1. The second-order valence-electron chi connectivity index (χ2n) is 6.28. The quantitative estimate of drug-likeness (QED) is 0.772. The lowest BCUT2D eigenvalue weighted by molar-refractivity contribution is 0.0599. The summed E-state index contributed by atoms with van der Waals surface area (Å²) >= 11 is 1.56. The van der Waals surface area contributed by atoms with Gasteiger partial charge in [-0.3, -0.25) is 14.6 Å². The van der Waals surface area contributed by atoms with Gasteiger partial charge in [-0.05, 0) is 42.8 Å². The monoisotopic (exact) mass is 366 g/mol. The summed E-state index contributed by atoms with van der Waals surface area (Å²) in [6.07, 6.45) is 5.94. The number of aromatic nitrogens is 3. The molecule has 0 bridgehead atoms. The van der Waals surface area contributed by atoms with Gasteiger partial charge >= 0.3 is 0 Å². The molecule has 1 amide bonds. The minimum absolute atomic E-state index is 0.0774. The Morgan fingerprint density at radius 2 is 2.23 bits per heavy atom. The first-order chi connectivity index (χ1) is 12.7. The molecule has 0 saturated carbocycles. The Bertz CT molecular complexity index is 953. The van der Waals surface area contributed by atoms with Crippen LogP contribution >= 0.6 is 11.3 Å². The van der Waals surface area contributed by atoms with E-state index in [1.54, 1.807) is 40.8 Å². The van der Waals surface area contributed by atoms with Gasteiger partial charge in [0.2, 0.25) is 0 Å². The summed E-state index contributed by atoms with van der Waals surface area (Å²) in [5.41, 5.74) is 1.92. The fraction of sp³-hybridized carbons (Fsp3) is 0.263. The van der Waals surface area contributed by atoms with Crippen molar-refractivity contribution in [1.82, 2.24) is 19.9 Å². The average molecular weight is 366 g/mol. The number of nitrogens with zero attached hydrogens (tertiary/aromatic N) is 3. The van der Waals surface area contributed by atoms with Crippen molar-refractivity contribution < 1.29 is 4.79 Å². The molecule has 4 heterocycles. The predicted octanol–water partition coefficient (Wildman–Crippen LogP) is 3.26. The van der Waals surface area contributed by atoms with Crippen molar-refractivity contribution in [3.8, 4) is 11.3 Å². The number of hydrogen-bond donors (Lipinski definition) is 1. The van der Waals surface area contributed by atoms with Crippen LogP contribution in [0.15, 0.2) is 52.2 Å². The number of amides is 1. The standard InChI is InChI=1S/C19H18N4O2S/c24-17-10-15(14-6-9-26-12-14)21-18(22-17)16-5-1-2-8-23(16)19(25)13-4-3-7-20-11-13/h3-4,6-7,9-12,16H,1-2,5,8H2,(H,21,22,24). The average Bonchev–Trinajstić information content (AvgIpc) is 3.22. The molecule has 3 aromatic heterocycles. The van der Waals surface area contributed by atoms with Crippen LogP contribution in [0.5, 0.6) is 0 Å². The normalized spacial score (nSPS) is 17.2. The number of carbonyl (C=O) groups excluding carboxylic acids is 1. The summed E-state index contributed by atoms with van der Waals surface area (Å²) < 4.78 is 0. The van der Waals surface area contributed by atoms with Crippen molar-refractivity contribution in [1.29, 1.82) is 0 Å². The zero-order valence-electron chi connectivity index (χ0n) is 14.1. The lowest BCUT2D eigenvalue weighted by Crippen LogP contribution is -2.40. The SMILES string of the molecule is O=C(c1cccnc1)N1CCCCC1c1nc(-c2ccsc2)cc(=O)[nH]1. The Morgan fingerprint density at radius 3 is 3.00 bits per heavy atom. The molecule has 4 rings (SSSR count). The second kappa shape index (κ2) is 7.21. The Morgan fingerprint density at radius 1 is 1.31 bits per heavy atom. The molecular formula is C19H18N4O2S. The molecule has 1 aliphatic rings. The molecule has 7 heteroatoms. The van der Waals surface area contributed by atoms with Crippen molar-refractivity contribution in [2.24, 2.45) is 0 Å². The maximum atomic E-state index is 12.9. The van der Waals surface area contributed by atoms with Gasteiger partial charge in [0.15, 0.2) is 0 Å². The maximum absolute atomic E-state index is 12.9. The molecule has 3 aromatic rings. The summed E-state index contributed by atoms with van der Waals surface area (Å²) in [4.78, 5) is 38.5. The van der Waals surface area contributed by atoms with Crippen molar-refractivity contribution in [3.05, 3.63) is 69.2 Å². The molecular weight excluding hydrogens is 348 g/mol. The molecule has 0 aromatic carbocycles. The van der Waals surface area contributed by atoms with Gasteiger partial charge in [0, 0.05) is 35.9 Å². The fourth-order valence-electron chi connectivity index (χ4n) is 3.31. The fourth-order valence-corrected chi connectivity index (χ4v) is 3.96. The molecule has 1 saturated heterocycles. The highest BCUT2D eigenvalue weighted by Gasteiger charge is 2.30. The van der Waals surface area contributed by atoms with E-state index in [1.165, 1.54) is 6.07 Å². The van der Waals surface area contributed by atoms with Crippen LogP contribution in [0.3, 0.4) is 0 Å². The van der Waals surface area contributed by atoms with Crippen LogP contribution in [0.4, 0.5) is 0 Å². The minimum Gasteiger partial charge on any atom is -0.328 e. The summed E-state index contributed by atoms with van der Waals surface area (Å²) in [5.74, 6) is 0.474. The van der Waals surface area contributed by atoms with E-state index in [-0.39, 0.29) is 17.5 Å². The van der Waals surface area contributed by atoms with Gasteiger partial charge in [0.05, 0.1) is 17.3 Å². The molecule has 0 spiro atoms. The number of likely N-dealkylation sites (tertiary alicyclic amines) is 1. The maximum Gasteiger partial charge on any atom is 0.256 e. The smallest absolute Gasteiger partial charge is 0.256 e. The molecule has 0 radical (unpaired) electrons. The first-order valence-corrected chi connectivity index (χ1v) is 9.51. The van der Waals surface area contributed by atoms with Gasteiger partial charge in [-0.1, -0.05) is 0 Å². The van der Waals surface area contributed by atoms with Crippen molar-refractivity contribution in [2.75, 3.05) is 6.54 Å². The topological polar surface area (TPSA) is 79.0 Å². The van der Waals surface area contributed by atoms with E-state index in [0.29, 0.717) is 23.6 Å². The number of thiophene rings is 1. The van der Waals surface area contributed by atoms with E-state index in [1.807, 2.05) is 16.8 Å². The number of rotatable bonds is 3. The van der Waals surface area contributed by atoms with Crippen molar-refractivity contribution in [3.63, 3.8) is 0 Å². The molecule has 1 atom stereocenters. The van der Waals surface area contributed by atoms with Gasteiger partial charge in [-0.2, -0.15) is 11.3 Å². The number of aromatic amines is 1. The highest BCUT2D eigenvalue weighted by molar-refractivity contribution is 7.08. The number of H-pyrrole nitrogens is 1. The summed E-state index contributed by atoms with van der Waals surface area (Å²) in [6, 6.07) is 6.72. The van der Waals surface area contributed by atoms with Crippen LogP contribution in [0.2, 0.25) is 0 Å². The largest absolute Gasteiger partial charge is 0.328 e. The van der Waals surface area contributed by atoms with E-state index < -0.39 is 0 Å². The summed E-state index contributed by atoms with van der Waals surface area (Å²) in [6.45, 7) is 0.644. The van der Waals surface area contributed by atoms with Crippen LogP contribution in [-0.2, 0) is 0 Å². The van der Waals surface area contributed by atoms with Crippen LogP contribution in [0.1, 0.15) is 41.5 Å². The summed E-state index contributed by atoms with van der Waals surface area (Å²) in [5, 5.41) is 3.92. The third kappa shape index (κ3) is 3.30. The Labute approximate surface area is 154 Å². The number of pyridine rings is 1. The van der Waals surface area contributed by atoms with Crippen molar-refractivity contribution >= 4 is 17.2 Å². The van der Waals surface area contributed by atoms with Crippen LogP contribution < -0.4 is 5.56 Å².